The first kappa shape index (κ1) is 20.4. The van der Waals surface area contributed by atoms with Crippen LogP contribution in [0.15, 0.2) is 53.4 Å². The first-order valence-corrected chi connectivity index (χ1v) is 10.7. The molecule has 0 atom stereocenters. The number of urea groups is 1. The van der Waals surface area contributed by atoms with Crippen molar-refractivity contribution in [1.82, 2.24) is 14.5 Å². The number of sulfonamides is 1. The quantitative estimate of drug-likeness (QED) is 0.750. The molecular formula is C19H22ClN3O4S. The Balaban J connectivity index is 1.48. The predicted octanol–water partition coefficient (Wildman–Crippen LogP) is 2.70. The monoisotopic (exact) mass is 423 g/mol. The molecule has 0 unspecified atom stereocenters. The zero-order valence-electron chi connectivity index (χ0n) is 15.5. The van der Waals surface area contributed by atoms with Crippen LogP contribution in [0.25, 0.3) is 0 Å². The summed E-state index contributed by atoms with van der Waals surface area (Å²) in [6, 6.07) is 13.3. The number of carbonyl (C=O) groups excluding carboxylic acids is 1. The van der Waals surface area contributed by atoms with Gasteiger partial charge in [-0.05, 0) is 43.3 Å². The SMILES string of the molecule is Cc1ccc(S(=O)(=O)N2CCN(C(=O)NCOc3ccc(Cl)cc3)CC2)cc1. The van der Waals surface area contributed by atoms with Crippen LogP contribution in [-0.2, 0) is 10.0 Å². The molecule has 0 bridgehead atoms. The molecule has 28 heavy (non-hydrogen) atoms. The highest BCUT2D eigenvalue weighted by Crippen LogP contribution is 2.18. The number of carbonyl (C=O) groups is 1. The lowest BCUT2D eigenvalue weighted by Crippen LogP contribution is -2.53. The van der Waals surface area contributed by atoms with Crippen LogP contribution in [0, 0.1) is 6.92 Å². The summed E-state index contributed by atoms with van der Waals surface area (Å²) in [4.78, 5) is 14.1. The summed E-state index contributed by atoms with van der Waals surface area (Å²) in [5, 5.41) is 3.28. The highest BCUT2D eigenvalue weighted by atomic mass is 35.5. The molecule has 2 aromatic rings. The van der Waals surface area contributed by atoms with Gasteiger partial charge in [-0.1, -0.05) is 29.3 Å². The Hall–Kier alpha value is -2.29. The number of halogens is 1. The Bertz CT molecular complexity index is 909. The lowest BCUT2D eigenvalue weighted by Gasteiger charge is -2.33. The zero-order chi connectivity index (χ0) is 20.1. The van der Waals surface area contributed by atoms with Crippen LogP contribution in [0.1, 0.15) is 5.56 Å². The molecule has 1 N–H and O–H groups in total. The highest BCUT2D eigenvalue weighted by Gasteiger charge is 2.29. The molecule has 0 saturated carbocycles. The second kappa shape index (κ2) is 8.81. The third-order valence-corrected chi connectivity index (χ3v) is 6.63. The molecule has 1 saturated heterocycles. The van der Waals surface area contributed by atoms with Gasteiger partial charge in [0.1, 0.15) is 5.75 Å². The molecule has 2 amide bonds. The van der Waals surface area contributed by atoms with Gasteiger partial charge in [0.15, 0.2) is 6.73 Å². The molecule has 0 aliphatic carbocycles. The zero-order valence-corrected chi connectivity index (χ0v) is 17.0. The lowest BCUT2D eigenvalue weighted by molar-refractivity contribution is 0.162. The van der Waals surface area contributed by atoms with Gasteiger partial charge in [-0.15, -0.1) is 0 Å². The molecule has 1 aliphatic rings. The summed E-state index contributed by atoms with van der Waals surface area (Å²) in [7, 11) is -3.54. The van der Waals surface area contributed by atoms with Crippen molar-refractivity contribution in [2.45, 2.75) is 11.8 Å². The third-order valence-electron chi connectivity index (χ3n) is 4.46. The van der Waals surface area contributed by atoms with Crippen molar-refractivity contribution in [3.63, 3.8) is 0 Å². The van der Waals surface area contributed by atoms with Crippen LogP contribution in [0.5, 0.6) is 5.75 Å². The fourth-order valence-electron chi connectivity index (χ4n) is 2.81. The Morgan fingerprint density at radius 2 is 1.64 bits per heavy atom. The van der Waals surface area contributed by atoms with Crippen molar-refractivity contribution in [1.29, 1.82) is 0 Å². The average molecular weight is 424 g/mol. The largest absolute Gasteiger partial charge is 0.473 e. The molecule has 2 aromatic carbocycles. The van der Waals surface area contributed by atoms with Gasteiger partial charge in [-0.2, -0.15) is 4.31 Å². The second-order valence-electron chi connectivity index (χ2n) is 6.43. The summed E-state index contributed by atoms with van der Waals surface area (Å²) >= 11 is 5.81. The van der Waals surface area contributed by atoms with Crippen molar-refractivity contribution in [3.8, 4) is 5.75 Å². The maximum Gasteiger partial charge on any atom is 0.320 e. The van der Waals surface area contributed by atoms with Crippen molar-refractivity contribution < 1.29 is 17.9 Å². The van der Waals surface area contributed by atoms with Crippen molar-refractivity contribution >= 4 is 27.7 Å². The molecule has 9 heteroatoms. The fourth-order valence-corrected chi connectivity index (χ4v) is 4.36. The number of hydrogen-bond donors (Lipinski definition) is 1. The van der Waals surface area contributed by atoms with E-state index in [4.69, 9.17) is 16.3 Å². The highest BCUT2D eigenvalue weighted by molar-refractivity contribution is 7.89. The number of amides is 2. The van der Waals surface area contributed by atoms with Crippen LogP contribution >= 0.6 is 11.6 Å². The van der Waals surface area contributed by atoms with E-state index in [1.165, 1.54) is 4.31 Å². The maximum atomic E-state index is 12.7. The summed E-state index contributed by atoms with van der Waals surface area (Å²) in [5.41, 5.74) is 1.00. The van der Waals surface area contributed by atoms with E-state index in [-0.39, 0.29) is 30.7 Å². The Labute approximate surface area is 169 Å². The number of piperazine rings is 1. The lowest BCUT2D eigenvalue weighted by atomic mass is 10.2. The predicted molar refractivity (Wildman–Crippen MR) is 107 cm³/mol. The van der Waals surface area contributed by atoms with E-state index in [1.807, 2.05) is 6.92 Å². The first-order chi connectivity index (χ1) is 13.4. The minimum Gasteiger partial charge on any atom is -0.473 e. The molecular weight excluding hydrogens is 402 g/mol. The summed E-state index contributed by atoms with van der Waals surface area (Å²) < 4.78 is 32.3. The van der Waals surface area contributed by atoms with E-state index in [9.17, 15) is 13.2 Å². The van der Waals surface area contributed by atoms with Crippen LogP contribution in [-0.4, -0.2) is 56.6 Å². The van der Waals surface area contributed by atoms with E-state index < -0.39 is 10.0 Å². The van der Waals surface area contributed by atoms with E-state index in [1.54, 1.807) is 53.4 Å². The number of aryl methyl sites for hydroxylation is 1. The molecule has 1 heterocycles. The molecule has 0 spiro atoms. The summed E-state index contributed by atoms with van der Waals surface area (Å²) in [6.07, 6.45) is 0. The van der Waals surface area contributed by atoms with Crippen molar-refractivity contribution in [2.24, 2.45) is 0 Å². The second-order valence-corrected chi connectivity index (χ2v) is 8.80. The van der Waals surface area contributed by atoms with Crippen LogP contribution in [0.3, 0.4) is 0 Å². The molecule has 7 nitrogen and oxygen atoms in total. The number of ether oxygens (including phenoxy) is 1. The number of rotatable bonds is 5. The van der Waals surface area contributed by atoms with E-state index in [2.05, 4.69) is 5.32 Å². The van der Waals surface area contributed by atoms with Gasteiger partial charge in [-0.25, -0.2) is 13.2 Å². The van der Waals surface area contributed by atoms with E-state index in [0.717, 1.165) is 5.56 Å². The van der Waals surface area contributed by atoms with E-state index >= 15 is 0 Å². The number of hydrogen-bond acceptors (Lipinski definition) is 4. The number of nitrogens with one attached hydrogen (secondary N) is 1. The van der Waals surface area contributed by atoms with Gasteiger partial charge < -0.3 is 15.0 Å². The van der Waals surface area contributed by atoms with Crippen molar-refractivity contribution in [2.75, 3.05) is 32.9 Å². The van der Waals surface area contributed by atoms with Gasteiger partial charge in [-0.3, -0.25) is 0 Å². The Kier molecular flexibility index (Phi) is 6.43. The fraction of sp³-hybridized carbons (Fsp3) is 0.316. The Morgan fingerprint density at radius 1 is 1.04 bits per heavy atom. The van der Waals surface area contributed by atoms with Gasteiger partial charge in [0.05, 0.1) is 4.90 Å². The van der Waals surface area contributed by atoms with Gasteiger partial charge in [0.25, 0.3) is 0 Å². The summed E-state index contributed by atoms with van der Waals surface area (Å²) in [5.74, 6) is 0.596. The number of benzene rings is 2. The standard InChI is InChI=1S/C19H22ClN3O4S/c1-15-2-8-18(9-3-15)28(25,26)23-12-10-22(11-13-23)19(24)21-14-27-17-6-4-16(20)5-7-17/h2-9H,10-14H2,1H3,(H,21,24). The van der Waals surface area contributed by atoms with Crippen LogP contribution < -0.4 is 10.1 Å². The van der Waals surface area contributed by atoms with Crippen molar-refractivity contribution in [3.05, 3.63) is 59.1 Å². The molecule has 0 radical (unpaired) electrons. The minimum atomic E-state index is -3.54. The molecule has 150 valence electrons. The molecule has 3 rings (SSSR count). The Morgan fingerprint density at radius 3 is 2.25 bits per heavy atom. The molecule has 1 fully saturated rings. The smallest absolute Gasteiger partial charge is 0.320 e. The molecule has 0 aromatic heterocycles. The van der Waals surface area contributed by atoms with Gasteiger partial charge in [0, 0.05) is 31.2 Å². The normalized spacial score (nSPS) is 15.3. The average Bonchev–Trinajstić information content (AvgIpc) is 2.70. The minimum absolute atomic E-state index is 0.0162. The summed E-state index contributed by atoms with van der Waals surface area (Å²) in [6.45, 7) is 3.06. The van der Waals surface area contributed by atoms with Gasteiger partial charge in [0.2, 0.25) is 10.0 Å². The molecule has 1 aliphatic heterocycles. The number of nitrogens with zero attached hydrogens (tertiary/aromatic N) is 2. The van der Waals surface area contributed by atoms with Gasteiger partial charge >= 0.3 is 6.03 Å². The maximum absolute atomic E-state index is 12.7. The van der Waals surface area contributed by atoms with Crippen LogP contribution in [0.2, 0.25) is 5.02 Å². The third kappa shape index (κ3) is 4.95. The van der Waals surface area contributed by atoms with Crippen LogP contribution in [0.4, 0.5) is 4.79 Å². The van der Waals surface area contributed by atoms with E-state index in [0.29, 0.717) is 23.9 Å². The first-order valence-electron chi connectivity index (χ1n) is 8.84. The topological polar surface area (TPSA) is 79.0 Å².